The molecule has 1 heterocycles. The maximum Gasteiger partial charge on any atom is 0.255 e. The summed E-state index contributed by atoms with van der Waals surface area (Å²) in [5.41, 5.74) is 8.72. The lowest BCUT2D eigenvalue weighted by Crippen LogP contribution is -2.48. The summed E-state index contributed by atoms with van der Waals surface area (Å²) in [7, 11) is -3.30. The van der Waals surface area contributed by atoms with Crippen LogP contribution >= 0.6 is 24.0 Å². The lowest BCUT2D eigenvalue weighted by Gasteiger charge is -2.43. The van der Waals surface area contributed by atoms with Gasteiger partial charge < -0.3 is 10.6 Å². The summed E-state index contributed by atoms with van der Waals surface area (Å²) < 4.78 is 24.0. The standard InChI is InChI=1S/C28H32ClN3O3S.ClH/c1-36(34,35)26-9-2-5-21(17-26)12-16-32(27(33)22-6-4-15-31-19-22)25-10-13-28(20-30,14-11-25)23-7-3-8-24(29)18-23;/h2-9,15,17-19,25H,10-14,16,20,30H2,1H3;1H/t25-,28+;. The number of pyridine rings is 1. The average molecular weight is 563 g/mol. The topological polar surface area (TPSA) is 93.4 Å². The van der Waals surface area contributed by atoms with Crippen LogP contribution in [0.3, 0.4) is 0 Å². The third-order valence-electron chi connectivity index (χ3n) is 7.32. The minimum atomic E-state index is -3.30. The second-order valence-electron chi connectivity index (χ2n) is 9.64. The molecule has 1 fully saturated rings. The summed E-state index contributed by atoms with van der Waals surface area (Å²) in [5, 5.41) is 0.701. The van der Waals surface area contributed by atoms with Crippen LogP contribution in [0.2, 0.25) is 5.02 Å². The van der Waals surface area contributed by atoms with E-state index in [2.05, 4.69) is 11.1 Å². The van der Waals surface area contributed by atoms with E-state index in [1.807, 2.05) is 29.2 Å². The van der Waals surface area contributed by atoms with Crippen LogP contribution in [0, 0.1) is 0 Å². The summed E-state index contributed by atoms with van der Waals surface area (Å²) in [6, 6.07) is 18.5. The van der Waals surface area contributed by atoms with Crippen LogP contribution in [0.4, 0.5) is 0 Å². The molecular formula is C28H33Cl2N3O3S. The fraction of sp³-hybridized carbons (Fsp3) is 0.357. The summed E-state index contributed by atoms with van der Waals surface area (Å²) in [4.78, 5) is 19.9. The zero-order valence-electron chi connectivity index (χ0n) is 20.8. The second-order valence-corrected chi connectivity index (χ2v) is 12.1. The van der Waals surface area contributed by atoms with Crippen molar-refractivity contribution in [3.8, 4) is 0 Å². The number of rotatable bonds is 8. The molecule has 1 aromatic heterocycles. The first-order valence-electron chi connectivity index (χ1n) is 12.2. The highest BCUT2D eigenvalue weighted by Crippen LogP contribution is 2.41. The van der Waals surface area contributed by atoms with Gasteiger partial charge in [-0.15, -0.1) is 12.4 Å². The van der Waals surface area contributed by atoms with E-state index in [1.54, 1.807) is 42.7 Å². The molecule has 0 bridgehead atoms. The molecule has 0 spiro atoms. The predicted octanol–water partition coefficient (Wildman–Crippen LogP) is 5.08. The SMILES string of the molecule is CS(=O)(=O)c1cccc(CCN(C(=O)c2cccnc2)[C@H]2CC[C@@](CN)(c3cccc(Cl)c3)CC2)c1.Cl. The Morgan fingerprint density at radius 2 is 1.84 bits per heavy atom. The molecule has 0 saturated heterocycles. The largest absolute Gasteiger partial charge is 0.335 e. The molecule has 0 atom stereocenters. The Labute approximate surface area is 230 Å². The molecule has 1 amide bonds. The van der Waals surface area contributed by atoms with E-state index in [-0.39, 0.29) is 34.7 Å². The molecule has 0 radical (unpaired) electrons. The van der Waals surface area contributed by atoms with Crippen LogP contribution in [0.1, 0.15) is 47.2 Å². The Balaban J connectivity index is 0.00000380. The number of halogens is 2. The third kappa shape index (κ3) is 6.90. The van der Waals surface area contributed by atoms with Gasteiger partial charge in [-0.1, -0.05) is 35.9 Å². The van der Waals surface area contributed by atoms with Gasteiger partial charge >= 0.3 is 0 Å². The van der Waals surface area contributed by atoms with Crippen molar-refractivity contribution in [3.05, 3.63) is 94.8 Å². The summed E-state index contributed by atoms with van der Waals surface area (Å²) >= 11 is 6.27. The van der Waals surface area contributed by atoms with Crippen LogP contribution < -0.4 is 5.73 Å². The van der Waals surface area contributed by atoms with Gasteiger partial charge in [0.25, 0.3) is 5.91 Å². The minimum absolute atomic E-state index is 0. The van der Waals surface area contributed by atoms with E-state index in [0.29, 0.717) is 30.1 Å². The second kappa shape index (κ2) is 12.4. The number of sulfone groups is 1. The van der Waals surface area contributed by atoms with Gasteiger partial charge in [-0.25, -0.2) is 8.42 Å². The lowest BCUT2D eigenvalue weighted by atomic mass is 9.68. The van der Waals surface area contributed by atoms with Crippen molar-refractivity contribution in [1.82, 2.24) is 9.88 Å². The smallest absolute Gasteiger partial charge is 0.255 e. The maximum atomic E-state index is 13.6. The van der Waals surface area contributed by atoms with E-state index < -0.39 is 9.84 Å². The van der Waals surface area contributed by atoms with E-state index in [1.165, 1.54) is 6.26 Å². The first kappa shape index (κ1) is 29.1. The van der Waals surface area contributed by atoms with Gasteiger partial charge in [-0.05, 0) is 79.6 Å². The highest BCUT2D eigenvalue weighted by atomic mass is 35.5. The van der Waals surface area contributed by atoms with Crippen LogP contribution in [-0.4, -0.2) is 49.6 Å². The van der Waals surface area contributed by atoms with Gasteiger partial charge in [0, 0.05) is 48.2 Å². The normalized spacial score (nSPS) is 19.6. The fourth-order valence-electron chi connectivity index (χ4n) is 5.18. The molecule has 9 heteroatoms. The van der Waals surface area contributed by atoms with Crippen molar-refractivity contribution < 1.29 is 13.2 Å². The molecule has 2 aromatic carbocycles. The molecule has 1 aliphatic rings. The molecule has 6 nitrogen and oxygen atoms in total. The van der Waals surface area contributed by atoms with Gasteiger partial charge in [-0.2, -0.15) is 0 Å². The Bertz CT molecular complexity index is 1310. The number of nitrogens with two attached hydrogens (primary N) is 1. The van der Waals surface area contributed by atoms with Crippen LogP contribution in [0.25, 0.3) is 0 Å². The number of carbonyl (C=O) groups excluding carboxylic acids is 1. The van der Waals surface area contributed by atoms with Crippen molar-refractivity contribution in [1.29, 1.82) is 0 Å². The first-order chi connectivity index (χ1) is 17.2. The molecule has 1 saturated carbocycles. The molecule has 37 heavy (non-hydrogen) atoms. The van der Waals surface area contributed by atoms with Crippen molar-refractivity contribution in [2.45, 2.75) is 48.5 Å². The summed E-state index contributed by atoms with van der Waals surface area (Å²) in [6.45, 7) is 1.01. The molecule has 0 unspecified atom stereocenters. The third-order valence-corrected chi connectivity index (χ3v) is 8.66. The van der Waals surface area contributed by atoms with Crippen molar-refractivity contribution >= 4 is 39.8 Å². The molecule has 198 valence electrons. The number of carbonyl (C=O) groups is 1. The number of nitrogens with zero attached hydrogens (tertiary/aromatic N) is 2. The predicted molar refractivity (Wildman–Crippen MR) is 150 cm³/mol. The van der Waals surface area contributed by atoms with Crippen LogP contribution in [0.15, 0.2) is 78.0 Å². The first-order valence-corrected chi connectivity index (χ1v) is 14.4. The number of amides is 1. The molecule has 0 aliphatic heterocycles. The molecule has 4 rings (SSSR count). The average Bonchev–Trinajstić information content (AvgIpc) is 2.89. The molecule has 2 N–H and O–H groups in total. The lowest BCUT2D eigenvalue weighted by molar-refractivity contribution is 0.0597. The monoisotopic (exact) mass is 561 g/mol. The zero-order chi connectivity index (χ0) is 25.8. The van der Waals surface area contributed by atoms with Gasteiger partial charge in [0.15, 0.2) is 9.84 Å². The quantitative estimate of drug-likeness (QED) is 0.413. The number of aromatic nitrogens is 1. The van der Waals surface area contributed by atoms with E-state index in [0.717, 1.165) is 36.8 Å². The van der Waals surface area contributed by atoms with E-state index in [9.17, 15) is 13.2 Å². The van der Waals surface area contributed by atoms with Crippen molar-refractivity contribution in [2.75, 3.05) is 19.3 Å². The van der Waals surface area contributed by atoms with E-state index >= 15 is 0 Å². The van der Waals surface area contributed by atoms with Gasteiger partial charge in [-0.3, -0.25) is 9.78 Å². The van der Waals surface area contributed by atoms with Gasteiger partial charge in [0.05, 0.1) is 10.5 Å². The molecular weight excluding hydrogens is 529 g/mol. The number of benzene rings is 2. The maximum absolute atomic E-state index is 13.6. The Hall–Kier alpha value is -2.45. The number of hydrogen-bond acceptors (Lipinski definition) is 5. The van der Waals surface area contributed by atoms with Gasteiger partial charge in [0.1, 0.15) is 0 Å². The zero-order valence-corrected chi connectivity index (χ0v) is 23.2. The number of hydrogen-bond donors (Lipinski definition) is 1. The molecule has 3 aromatic rings. The van der Waals surface area contributed by atoms with Gasteiger partial charge in [0.2, 0.25) is 0 Å². The summed E-state index contributed by atoms with van der Waals surface area (Å²) in [5.74, 6) is -0.0598. The molecule has 1 aliphatic carbocycles. The van der Waals surface area contributed by atoms with Crippen molar-refractivity contribution in [2.24, 2.45) is 5.73 Å². The van der Waals surface area contributed by atoms with Crippen LogP contribution in [-0.2, 0) is 21.7 Å². The Morgan fingerprint density at radius 1 is 1.11 bits per heavy atom. The Kier molecular flexibility index (Phi) is 9.75. The fourth-order valence-corrected chi connectivity index (χ4v) is 6.06. The van der Waals surface area contributed by atoms with E-state index in [4.69, 9.17) is 17.3 Å². The highest BCUT2D eigenvalue weighted by molar-refractivity contribution is 7.90. The Morgan fingerprint density at radius 3 is 2.46 bits per heavy atom. The minimum Gasteiger partial charge on any atom is -0.335 e. The van der Waals surface area contributed by atoms with Crippen molar-refractivity contribution in [3.63, 3.8) is 0 Å². The summed E-state index contributed by atoms with van der Waals surface area (Å²) in [6.07, 6.45) is 8.36. The highest BCUT2D eigenvalue weighted by Gasteiger charge is 2.38. The van der Waals surface area contributed by atoms with Crippen LogP contribution in [0.5, 0.6) is 0 Å².